The van der Waals surface area contributed by atoms with Gasteiger partial charge in [-0.05, 0) is 23.6 Å². The molecule has 1 rings (SSSR count). The molecule has 12 heavy (non-hydrogen) atoms. The van der Waals surface area contributed by atoms with E-state index in [2.05, 4.69) is 26.0 Å². The summed E-state index contributed by atoms with van der Waals surface area (Å²) in [5.74, 6) is 0.595. The fourth-order valence-electron chi connectivity index (χ4n) is 0.848. The van der Waals surface area contributed by atoms with Crippen LogP contribution in [0, 0.1) is 0 Å². The second-order valence-corrected chi connectivity index (χ2v) is 3.14. The molecular formula is C9H13ClO2. The van der Waals surface area contributed by atoms with Gasteiger partial charge >= 0.3 is 0 Å². The van der Waals surface area contributed by atoms with Crippen LogP contribution >= 0.6 is 11.6 Å². The smallest absolute Gasteiger partial charge is 0.0406 e. The Labute approximate surface area is 77.4 Å². The average molecular weight is 189 g/mol. The van der Waals surface area contributed by atoms with Crippen LogP contribution in [-0.2, 0) is 0 Å². The van der Waals surface area contributed by atoms with E-state index in [9.17, 15) is 0 Å². The summed E-state index contributed by atoms with van der Waals surface area (Å²) in [4.78, 5) is 0. The number of benzene rings is 1. The summed E-state index contributed by atoms with van der Waals surface area (Å²) in [5, 5.41) is 12.8. The summed E-state index contributed by atoms with van der Waals surface area (Å²) in [6.45, 7) is 4.34. The Morgan fingerprint density at radius 3 is 1.83 bits per heavy atom. The van der Waals surface area contributed by atoms with Crippen molar-refractivity contribution in [3.8, 4) is 0 Å². The molecule has 3 heteroatoms. The summed E-state index contributed by atoms with van der Waals surface area (Å²) in [6.07, 6.45) is 0. The van der Waals surface area contributed by atoms with E-state index < -0.39 is 0 Å². The topological polar surface area (TPSA) is 40.5 Å². The standard InChI is InChI=1S/C9H11Cl.H2O2/c1-7(2)8-3-5-9(10)6-4-8;1-2/h3-7H,1-2H3;1-2H. The lowest BCUT2D eigenvalue weighted by molar-refractivity contribution is -0.176. The lowest BCUT2D eigenvalue weighted by atomic mass is 10.0. The summed E-state index contributed by atoms with van der Waals surface area (Å²) in [6, 6.07) is 7.98. The van der Waals surface area contributed by atoms with E-state index in [1.165, 1.54) is 5.56 Å². The first-order chi connectivity index (χ1) is 5.70. The molecule has 1 aromatic carbocycles. The second kappa shape index (κ2) is 6.00. The Hall–Kier alpha value is -0.570. The molecule has 0 aromatic heterocycles. The highest BCUT2D eigenvalue weighted by Crippen LogP contribution is 2.16. The highest BCUT2D eigenvalue weighted by molar-refractivity contribution is 6.30. The molecule has 0 spiro atoms. The molecule has 0 heterocycles. The number of rotatable bonds is 1. The van der Waals surface area contributed by atoms with Gasteiger partial charge in [-0.1, -0.05) is 37.6 Å². The quantitative estimate of drug-likeness (QED) is 0.523. The SMILES string of the molecule is CC(C)c1ccc(Cl)cc1.OO. The van der Waals surface area contributed by atoms with E-state index in [0.29, 0.717) is 5.92 Å². The van der Waals surface area contributed by atoms with Crippen molar-refractivity contribution >= 4 is 11.6 Å². The van der Waals surface area contributed by atoms with Gasteiger partial charge in [0.25, 0.3) is 0 Å². The van der Waals surface area contributed by atoms with Crippen LogP contribution in [0.3, 0.4) is 0 Å². The van der Waals surface area contributed by atoms with E-state index in [1.807, 2.05) is 12.1 Å². The van der Waals surface area contributed by atoms with Crippen molar-refractivity contribution in [1.82, 2.24) is 0 Å². The maximum absolute atomic E-state index is 6.00. The fraction of sp³-hybridized carbons (Fsp3) is 0.333. The van der Waals surface area contributed by atoms with Crippen LogP contribution in [-0.4, -0.2) is 10.5 Å². The molecule has 0 aliphatic carbocycles. The van der Waals surface area contributed by atoms with Gasteiger partial charge in [0.15, 0.2) is 0 Å². The molecule has 0 saturated heterocycles. The van der Waals surface area contributed by atoms with Gasteiger partial charge in [-0.3, -0.25) is 10.5 Å². The Balaban J connectivity index is 0.000000561. The monoisotopic (exact) mass is 188 g/mol. The van der Waals surface area contributed by atoms with E-state index >= 15 is 0 Å². The molecule has 2 nitrogen and oxygen atoms in total. The molecule has 0 saturated carbocycles. The van der Waals surface area contributed by atoms with E-state index in [-0.39, 0.29) is 0 Å². The molecule has 0 fully saturated rings. The number of hydrogen-bond acceptors (Lipinski definition) is 2. The average Bonchev–Trinajstić information content (AvgIpc) is 2.09. The molecule has 2 N–H and O–H groups in total. The highest BCUT2D eigenvalue weighted by Gasteiger charge is 1.96. The summed E-state index contributed by atoms with van der Waals surface area (Å²) in [7, 11) is 0. The van der Waals surface area contributed by atoms with Crippen LogP contribution in [0.25, 0.3) is 0 Å². The Morgan fingerprint density at radius 1 is 1.08 bits per heavy atom. The first-order valence-corrected chi connectivity index (χ1v) is 4.03. The van der Waals surface area contributed by atoms with Gasteiger partial charge < -0.3 is 0 Å². The van der Waals surface area contributed by atoms with Gasteiger partial charge in [-0.25, -0.2) is 0 Å². The maximum Gasteiger partial charge on any atom is 0.0406 e. The normalized spacial score (nSPS) is 9.17. The molecule has 68 valence electrons. The minimum absolute atomic E-state index is 0.595. The third-order valence-corrected chi connectivity index (χ3v) is 1.79. The van der Waals surface area contributed by atoms with Crippen LogP contribution in [0.4, 0.5) is 0 Å². The van der Waals surface area contributed by atoms with Gasteiger partial charge in [-0.15, -0.1) is 0 Å². The Kier molecular flexibility index (Phi) is 5.72. The molecule has 1 aromatic rings. The number of hydrogen-bond donors (Lipinski definition) is 2. The Morgan fingerprint density at radius 2 is 1.50 bits per heavy atom. The molecular weight excluding hydrogens is 176 g/mol. The van der Waals surface area contributed by atoms with Crippen LogP contribution in [0.5, 0.6) is 0 Å². The predicted molar refractivity (Wildman–Crippen MR) is 50.8 cm³/mol. The van der Waals surface area contributed by atoms with Gasteiger partial charge in [0.1, 0.15) is 0 Å². The van der Waals surface area contributed by atoms with Crippen molar-refractivity contribution in [2.24, 2.45) is 0 Å². The molecule has 0 amide bonds. The van der Waals surface area contributed by atoms with E-state index in [1.54, 1.807) is 0 Å². The van der Waals surface area contributed by atoms with Crippen molar-refractivity contribution in [3.05, 3.63) is 34.9 Å². The second-order valence-electron chi connectivity index (χ2n) is 2.71. The third-order valence-electron chi connectivity index (χ3n) is 1.54. The van der Waals surface area contributed by atoms with Crippen LogP contribution < -0.4 is 0 Å². The zero-order chi connectivity index (χ0) is 9.56. The van der Waals surface area contributed by atoms with Gasteiger partial charge in [0, 0.05) is 5.02 Å². The lowest BCUT2D eigenvalue weighted by Crippen LogP contribution is -1.84. The minimum atomic E-state index is 0.595. The first-order valence-electron chi connectivity index (χ1n) is 3.65. The van der Waals surface area contributed by atoms with Gasteiger partial charge in [-0.2, -0.15) is 0 Å². The molecule has 0 radical (unpaired) electrons. The van der Waals surface area contributed by atoms with Crippen molar-refractivity contribution in [3.63, 3.8) is 0 Å². The summed E-state index contributed by atoms with van der Waals surface area (Å²) < 4.78 is 0. The maximum atomic E-state index is 6.00. The summed E-state index contributed by atoms with van der Waals surface area (Å²) in [5.41, 5.74) is 1.34. The van der Waals surface area contributed by atoms with Crippen molar-refractivity contribution in [2.45, 2.75) is 19.8 Å². The zero-order valence-electron chi connectivity index (χ0n) is 7.16. The van der Waals surface area contributed by atoms with Crippen LogP contribution in [0.15, 0.2) is 24.3 Å². The van der Waals surface area contributed by atoms with E-state index in [4.69, 9.17) is 22.1 Å². The van der Waals surface area contributed by atoms with Crippen molar-refractivity contribution in [2.75, 3.05) is 0 Å². The van der Waals surface area contributed by atoms with Crippen LogP contribution in [0.2, 0.25) is 5.02 Å². The van der Waals surface area contributed by atoms with E-state index in [0.717, 1.165) is 5.02 Å². The molecule has 0 bridgehead atoms. The minimum Gasteiger partial charge on any atom is -0.255 e. The first kappa shape index (κ1) is 11.4. The number of halogens is 1. The molecule has 0 unspecified atom stereocenters. The molecule has 0 atom stereocenters. The van der Waals surface area contributed by atoms with Gasteiger partial charge in [0.2, 0.25) is 0 Å². The summed E-state index contributed by atoms with van der Waals surface area (Å²) >= 11 is 5.72. The largest absolute Gasteiger partial charge is 0.255 e. The molecule has 0 aliphatic rings. The van der Waals surface area contributed by atoms with Crippen LogP contribution in [0.1, 0.15) is 25.3 Å². The highest BCUT2D eigenvalue weighted by atomic mass is 35.5. The molecule has 0 aliphatic heterocycles. The van der Waals surface area contributed by atoms with Gasteiger partial charge in [0.05, 0.1) is 0 Å². The van der Waals surface area contributed by atoms with Crippen molar-refractivity contribution in [1.29, 1.82) is 0 Å². The lowest BCUT2D eigenvalue weighted by Gasteiger charge is -2.03. The predicted octanol–water partition coefficient (Wildman–Crippen LogP) is 3.48. The third kappa shape index (κ3) is 3.72. The Bertz CT molecular complexity index is 206. The van der Waals surface area contributed by atoms with Crippen molar-refractivity contribution < 1.29 is 10.5 Å². The zero-order valence-corrected chi connectivity index (χ0v) is 7.92. The fourth-order valence-corrected chi connectivity index (χ4v) is 0.974.